The second-order valence-corrected chi connectivity index (χ2v) is 10.8. The Morgan fingerprint density at radius 1 is 1.09 bits per heavy atom. The fourth-order valence-electron chi connectivity index (χ4n) is 5.62. The van der Waals surface area contributed by atoms with Gasteiger partial charge in [-0.2, -0.15) is 0 Å². The van der Waals surface area contributed by atoms with Gasteiger partial charge in [0.25, 0.3) is 0 Å². The van der Waals surface area contributed by atoms with Gasteiger partial charge in [0.1, 0.15) is 18.0 Å². The normalized spacial score (nSPS) is 31.7. The lowest BCUT2D eigenvalue weighted by Gasteiger charge is -2.45. The molecule has 1 aromatic rings. The molecule has 0 aromatic heterocycles. The number of ether oxygens (including phenoxy) is 2. The fourth-order valence-corrected chi connectivity index (χ4v) is 5.62. The molecule has 0 radical (unpaired) electrons. The van der Waals surface area contributed by atoms with Crippen molar-refractivity contribution in [2.45, 2.75) is 85.0 Å². The van der Waals surface area contributed by atoms with E-state index in [0.29, 0.717) is 31.2 Å². The highest BCUT2D eigenvalue weighted by molar-refractivity contribution is 5.89. The smallest absolute Gasteiger partial charge is 0.338 e. The van der Waals surface area contributed by atoms with Gasteiger partial charge in [-0.1, -0.05) is 40.2 Å². The predicted octanol–water partition coefficient (Wildman–Crippen LogP) is 5.03. The van der Waals surface area contributed by atoms with Crippen molar-refractivity contribution in [3.63, 3.8) is 0 Å². The van der Waals surface area contributed by atoms with Crippen LogP contribution in [0.5, 0.6) is 5.75 Å². The van der Waals surface area contributed by atoms with Crippen molar-refractivity contribution in [3.8, 4) is 5.75 Å². The number of carbonyl (C=O) groups is 2. The highest BCUT2D eigenvalue weighted by Crippen LogP contribution is 2.58. The van der Waals surface area contributed by atoms with Gasteiger partial charge in [-0.25, -0.2) is 4.79 Å². The molecular formula is C27H38O6. The Morgan fingerprint density at radius 3 is 2.30 bits per heavy atom. The van der Waals surface area contributed by atoms with Gasteiger partial charge in [0, 0.05) is 24.2 Å². The van der Waals surface area contributed by atoms with Gasteiger partial charge in [-0.3, -0.25) is 4.79 Å². The molecule has 1 fully saturated rings. The van der Waals surface area contributed by atoms with Gasteiger partial charge in [-0.15, -0.1) is 0 Å². The molecule has 2 aliphatic carbocycles. The number of fused-ring (bicyclic) bond motifs is 1. The molecule has 1 saturated carbocycles. The van der Waals surface area contributed by atoms with Crippen LogP contribution in [0.1, 0.15) is 77.6 Å². The van der Waals surface area contributed by atoms with E-state index in [1.807, 2.05) is 47.6 Å². The van der Waals surface area contributed by atoms with Crippen LogP contribution < -0.4 is 0 Å². The Kier molecular flexibility index (Phi) is 7.27. The lowest BCUT2D eigenvalue weighted by Crippen LogP contribution is -2.53. The van der Waals surface area contributed by atoms with E-state index in [1.54, 1.807) is 0 Å². The van der Waals surface area contributed by atoms with Gasteiger partial charge in [0.2, 0.25) is 0 Å². The third-order valence-corrected chi connectivity index (χ3v) is 7.49. The molecule has 33 heavy (non-hydrogen) atoms. The van der Waals surface area contributed by atoms with Crippen LogP contribution >= 0.6 is 0 Å². The number of esters is 2. The number of phenols is 1. The molecule has 182 valence electrons. The van der Waals surface area contributed by atoms with Crippen LogP contribution in [0, 0.1) is 23.2 Å². The summed E-state index contributed by atoms with van der Waals surface area (Å²) in [6, 6.07) is 5.94. The van der Waals surface area contributed by atoms with Crippen molar-refractivity contribution < 1.29 is 29.3 Å². The number of rotatable bonds is 6. The summed E-state index contributed by atoms with van der Waals surface area (Å²) in [7, 11) is 0. The summed E-state index contributed by atoms with van der Waals surface area (Å²) in [6.45, 7) is 11.9. The first-order valence-corrected chi connectivity index (χ1v) is 12.0. The molecule has 0 unspecified atom stereocenters. The van der Waals surface area contributed by atoms with Crippen LogP contribution in [0.3, 0.4) is 0 Å². The molecule has 2 aliphatic rings. The fraction of sp³-hybridized carbons (Fsp3) is 0.630. The van der Waals surface area contributed by atoms with Crippen LogP contribution in [0.4, 0.5) is 0 Å². The Bertz CT molecular complexity index is 902. The number of aromatic hydroxyl groups is 1. The molecule has 0 spiro atoms. The maximum absolute atomic E-state index is 13.0. The zero-order valence-corrected chi connectivity index (χ0v) is 20.6. The summed E-state index contributed by atoms with van der Waals surface area (Å²) in [5.74, 6) is -0.960. The van der Waals surface area contributed by atoms with Crippen LogP contribution in [-0.2, 0) is 14.3 Å². The largest absolute Gasteiger partial charge is 0.508 e. The van der Waals surface area contributed by atoms with Crippen LogP contribution in [0.25, 0.3) is 0 Å². The zero-order valence-electron chi connectivity index (χ0n) is 20.6. The number of carbonyl (C=O) groups excluding carboxylic acids is 2. The minimum Gasteiger partial charge on any atom is -0.508 e. The van der Waals surface area contributed by atoms with Gasteiger partial charge < -0.3 is 19.7 Å². The maximum Gasteiger partial charge on any atom is 0.338 e. The van der Waals surface area contributed by atoms with Gasteiger partial charge in [0.15, 0.2) is 0 Å². The summed E-state index contributed by atoms with van der Waals surface area (Å²) < 4.78 is 12.0. The average molecular weight is 459 g/mol. The average Bonchev–Trinajstić information content (AvgIpc) is 2.94. The zero-order chi connectivity index (χ0) is 24.6. The van der Waals surface area contributed by atoms with Crippen molar-refractivity contribution >= 4 is 11.9 Å². The third kappa shape index (κ3) is 5.11. The van der Waals surface area contributed by atoms with Crippen LogP contribution in [0.2, 0.25) is 0 Å². The summed E-state index contributed by atoms with van der Waals surface area (Å²) >= 11 is 0. The van der Waals surface area contributed by atoms with Crippen LogP contribution in [0.15, 0.2) is 35.9 Å². The third-order valence-electron chi connectivity index (χ3n) is 7.49. The molecule has 0 amide bonds. The SMILES string of the molecule is CC1=C[C@@H](OC(=O)CC(C)C)[C@]2(C)CC[C@](O)(C(C)C)[C@@H]2[C@H](OC(=O)c2ccc(O)cc2)C1. The molecular weight excluding hydrogens is 420 g/mol. The van der Waals surface area contributed by atoms with E-state index >= 15 is 0 Å². The van der Waals surface area contributed by atoms with Crippen molar-refractivity contribution in [3.05, 3.63) is 41.5 Å². The molecule has 0 bridgehead atoms. The van der Waals surface area contributed by atoms with E-state index in [4.69, 9.17) is 9.47 Å². The highest BCUT2D eigenvalue weighted by atomic mass is 16.6. The number of hydrogen-bond donors (Lipinski definition) is 2. The van der Waals surface area contributed by atoms with Crippen LogP contribution in [-0.4, -0.2) is 40.0 Å². The quantitative estimate of drug-likeness (QED) is 0.459. The van der Waals surface area contributed by atoms with E-state index in [9.17, 15) is 19.8 Å². The maximum atomic E-state index is 13.0. The van der Waals surface area contributed by atoms with Gasteiger partial charge in [-0.05, 0) is 61.9 Å². The molecule has 2 N–H and O–H groups in total. The second-order valence-electron chi connectivity index (χ2n) is 10.8. The Labute approximate surface area is 197 Å². The summed E-state index contributed by atoms with van der Waals surface area (Å²) in [5, 5.41) is 21.4. The minimum absolute atomic E-state index is 0.0652. The van der Waals surface area contributed by atoms with E-state index in [-0.39, 0.29) is 23.6 Å². The summed E-state index contributed by atoms with van der Waals surface area (Å²) in [5.41, 5.74) is -0.340. The first-order valence-electron chi connectivity index (χ1n) is 12.0. The minimum atomic E-state index is -1.06. The Balaban J connectivity index is 1.97. The topological polar surface area (TPSA) is 93.1 Å². The molecule has 6 nitrogen and oxygen atoms in total. The van der Waals surface area contributed by atoms with E-state index in [0.717, 1.165) is 5.57 Å². The molecule has 1 aromatic carbocycles. The second kappa shape index (κ2) is 9.49. The summed E-state index contributed by atoms with van der Waals surface area (Å²) in [4.78, 5) is 25.6. The monoisotopic (exact) mass is 458 g/mol. The molecule has 0 heterocycles. The van der Waals surface area contributed by atoms with E-state index < -0.39 is 35.1 Å². The van der Waals surface area contributed by atoms with Crippen molar-refractivity contribution in [1.82, 2.24) is 0 Å². The van der Waals surface area contributed by atoms with E-state index in [1.165, 1.54) is 24.3 Å². The van der Waals surface area contributed by atoms with Crippen molar-refractivity contribution in [2.75, 3.05) is 0 Å². The van der Waals surface area contributed by atoms with Gasteiger partial charge >= 0.3 is 11.9 Å². The molecule has 0 aliphatic heterocycles. The van der Waals surface area contributed by atoms with E-state index in [2.05, 4.69) is 0 Å². The number of benzene rings is 1. The summed E-state index contributed by atoms with van der Waals surface area (Å²) in [6.07, 6.45) is 2.89. The number of aliphatic hydroxyl groups is 1. The molecule has 6 heteroatoms. The first-order chi connectivity index (χ1) is 15.4. The number of hydrogen-bond acceptors (Lipinski definition) is 6. The predicted molar refractivity (Wildman–Crippen MR) is 126 cm³/mol. The lowest BCUT2D eigenvalue weighted by atomic mass is 9.66. The highest BCUT2D eigenvalue weighted by Gasteiger charge is 2.63. The molecule has 5 atom stereocenters. The Morgan fingerprint density at radius 2 is 1.73 bits per heavy atom. The molecule has 3 rings (SSSR count). The lowest BCUT2D eigenvalue weighted by molar-refractivity contribution is -0.164. The Hall–Kier alpha value is -2.34. The first kappa shape index (κ1) is 25.3. The standard InChI is InChI=1S/C27H38O6/c1-16(2)13-23(29)33-22-15-18(5)14-21(32-25(30)19-7-9-20(28)10-8-19)24-26(22,6)11-12-27(24,31)17(3)4/h7-10,15-17,21-22,24,28,31H,11-14H2,1-6H3/t21-,22-,24-,26+,27+/m1/s1. The molecule has 0 saturated heterocycles. The van der Waals surface area contributed by atoms with Crippen molar-refractivity contribution in [1.29, 1.82) is 0 Å². The van der Waals surface area contributed by atoms with Gasteiger partial charge in [0.05, 0.1) is 11.2 Å². The number of phenolic OH excluding ortho intramolecular Hbond substituents is 1. The van der Waals surface area contributed by atoms with Crippen molar-refractivity contribution in [2.24, 2.45) is 23.2 Å².